The van der Waals surface area contributed by atoms with Gasteiger partial charge in [-0.2, -0.15) is 12.6 Å². The van der Waals surface area contributed by atoms with Gasteiger partial charge in [0.25, 0.3) is 0 Å². The van der Waals surface area contributed by atoms with Crippen LogP contribution in [0.25, 0.3) is 0 Å². The molecule has 0 aliphatic heterocycles. The van der Waals surface area contributed by atoms with Crippen molar-refractivity contribution in [1.29, 1.82) is 0 Å². The molecule has 0 spiro atoms. The van der Waals surface area contributed by atoms with Gasteiger partial charge in [0.1, 0.15) is 11.5 Å². The van der Waals surface area contributed by atoms with Gasteiger partial charge >= 0.3 is 0 Å². The van der Waals surface area contributed by atoms with Crippen molar-refractivity contribution >= 4 is 12.6 Å². The van der Waals surface area contributed by atoms with Gasteiger partial charge in [-0.3, -0.25) is 0 Å². The highest BCUT2D eigenvalue weighted by Crippen LogP contribution is 2.28. The van der Waals surface area contributed by atoms with E-state index in [2.05, 4.69) is 33.4 Å². The highest BCUT2D eigenvalue weighted by molar-refractivity contribution is 7.80. The number of methoxy groups -OCH3 is 1. The molecule has 1 atom stereocenters. The van der Waals surface area contributed by atoms with Gasteiger partial charge in [0, 0.05) is 12.0 Å². The highest BCUT2D eigenvalue weighted by atomic mass is 32.1. The van der Waals surface area contributed by atoms with Gasteiger partial charge in [0.05, 0.1) is 13.7 Å². The van der Waals surface area contributed by atoms with Crippen LogP contribution in [-0.2, 0) is 0 Å². The molecule has 0 amide bonds. The molecule has 0 aromatic heterocycles. The minimum absolute atomic E-state index is 0.209. The van der Waals surface area contributed by atoms with Crippen molar-refractivity contribution in [2.75, 3.05) is 19.5 Å². The first kappa shape index (κ1) is 14.2. The normalized spacial score (nSPS) is 13.2. The molecule has 0 N–H and O–H groups in total. The number of hydrogen-bond acceptors (Lipinski definition) is 3. The first-order valence-electron chi connectivity index (χ1n) is 5.85. The quantitative estimate of drug-likeness (QED) is 0.808. The molecule has 3 heteroatoms. The fourth-order valence-electron chi connectivity index (χ4n) is 1.46. The minimum atomic E-state index is 0.209. The van der Waals surface area contributed by atoms with E-state index in [1.165, 1.54) is 0 Å². The molecular weight excluding hydrogens is 232 g/mol. The molecule has 1 aromatic carbocycles. The summed E-state index contributed by atoms with van der Waals surface area (Å²) in [5.74, 6) is 2.92. The predicted molar refractivity (Wildman–Crippen MR) is 75.3 cm³/mol. The zero-order valence-electron chi connectivity index (χ0n) is 11.1. The summed E-state index contributed by atoms with van der Waals surface area (Å²) in [7, 11) is 1.66. The van der Waals surface area contributed by atoms with Crippen molar-refractivity contribution in [3.63, 3.8) is 0 Å². The van der Waals surface area contributed by atoms with Crippen LogP contribution in [0.5, 0.6) is 11.5 Å². The van der Waals surface area contributed by atoms with Crippen LogP contribution in [0.2, 0.25) is 0 Å². The third kappa shape index (κ3) is 4.50. The van der Waals surface area contributed by atoms with Crippen LogP contribution >= 0.6 is 12.6 Å². The van der Waals surface area contributed by atoms with E-state index in [0.717, 1.165) is 17.3 Å². The maximum atomic E-state index is 5.80. The fraction of sp³-hybridized carbons (Fsp3) is 0.571. The Kier molecular flexibility index (Phi) is 5.19. The Balaban J connectivity index is 2.59. The summed E-state index contributed by atoms with van der Waals surface area (Å²) < 4.78 is 11.0. The molecule has 0 aliphatic carbocycles. The summed E-state index contributed by atoms with van der Waals surface area (Å²) in [6.45, 7) is 7.31. The second-order valence-corrected chi connectivity index (χ2v) is 5.60. The Morgan fingerprint density at radius 1 is 1.24 bits per heavy atom. The molecular formula is C14H22O2S. The lowest BCUT2D eigenvalue weighted by Gasteiger charge is -2.29. The maximum Gasteiger partial charge on any atom is 0.122 e. The number of benzene rings is 1. The van der Waals surface area contributed by atoms with E-state index in [1.807, 2.05) is 24.3 Å². The zero-order chi connectivity index (χ0) is 12.9. The van der Waals surface area contributed by atoms with E-state index >= 15 is 0 Å². The Morgan fingerprint density at radius 2 is 1.88 bits per heavy atom. The van der Waals surface area contributed by atoms with Gasteiger partial charge in [0.2, 0.25) is 0 Å². The molecule has 0 heterocycles. The van der Waals surface area contributed by atoms with Crippen LogP contribution in [0.1, 0.15) is 20.8 Å². The lowest BCUT2D eigenvalue weighted by molar-refractivity contribution is 0.165. The molecule has 1 aromatic rings. The predicted octanol–water partition coefficient (Wildman–Crippen LogP) is 3.67. The second-order valence-electron chi connectivity index (χ2n) is 5.24. The lowest BCUT2D eigenvalue weighted by Crippen LogP contribution is -2.28. The summed E-state index contributed by atoms with van der Waals surface area (Å²) in [6, 6.07) is 7.69. The van der Waals surface area contributed by atoms with Crippen molar-refractivity contribution < 1.29 is 9.47 Å². The van der Waals surface area contributed by atoms with E-state index < -0.39 is 0 Å². The van der Waals surface area contributed by atoms with Crippen LogP contribution in [0.4, 0.5) is 0 Å². The third-order valence-corrected chi connectivity index (χ3v) is 3.38. The summed E-state index contributed by atoms with van der Waals surface area (Å²) in [5.41, 5.74) is 0.209. The second kappa shape index (κ2) is 6.20. The molecule has 96 valence electrons. The molecule has 0 saturated heterocycles. The topological polar surface area (TPSA) is 18.5 Å². The summed E-state index contributed by atoms with van der Waals surface area (Å²) in [5, 5.41) is 0. The average molecular weight is 254 g/mol. The van der Waals surface area contributed by atoms with Gasteiger partial charge in [-0.05, 0) is 23.3 Å². The van der Waals surface area contributed by atoms with Gasteiger partial charge < -0.3 is 9.47 Å². The van der Waals surface area contributed by atoms with E-state index in [1.54, 1.807) is 7.11 Å². The highest BCUT2D eigenvalue weighted by Gasteiger charge is 2.23. The fourth-order valence-corrected chi connectivity index (χ4v) is 2.12. The molecule has 0 radical (unpaired) electrons. The van der Waals surface area contributed by atoms with Crippen LogP contribution in [0, 0.1) is 11.3 Å². The first-order chi connectivity index (χ1) is 7.97. The van der Waals surface area contributed by atoms with E-state index in [0.29, 0.717) is 12.5 Å². The maximum absolute atomic E-state index is 5.80. The van der Waals surface area contributed by atoms with Gasteiger partial charge in [-0.25, -0.2) is 0 Å². The smallest absolute Gasteiger partial charge is 0.122 e. The van der Waals surface area contributed by atoms with Crippen molar-refractivity contribution in [3.05, 3.63) is 24.3 Å². The molecule has 17 heavy (non-hydrogen) atoms. The number of hydrogen-bond donors (Lipinski definition) is 1. The Morgan fingerprint density at radius 3 is 2.41 bits per heavy atom. The monoisotopic (exact) mass is 254 g/mol. The molecule has 0 aliphatic rings. The minimum Gasteiger partial charge on any atom is -0.497 e. The standard InChI is InChI=1S/C14H22O2S/c1-14(2,3)11(10-17)9-16-13-7-5-6-12(8-13)15-4/h5-8,11,17H,9-10H2,1-4H3. The van der Waals surface area contributed by atoms with Gasteiger partial charge in [-0.15, -0.1) is 0 Å². The Hall–Kier alpha value is -0.830. The van der Waals surface area contributed by atoms with Crippen molar-refractivity contribution in [3.8, 4) is 11.5 Å². The molecule has 1 unspecified atom stereocenters. The van der Waals surface area contributed by atoms with Gasteiger partial charge in [0.15, 0.2) is 0 Å². The van der Waals surface area contributed by atoms with Crippen LogP contribution in [0.15, 0.2) is 24.3 Å². The first-order valence-corrected chi connectivity index (χ1v) is 6.48. The van der Waals surface area contributed by atoms with Crippen LogP contribution in [-0.4, -0.2) is 19.5 Å². The molecule has 0 fully saturated rings. The molecule has 0 bridgehead atoms. The van der Waals surface area contributed by atoms with E-state index in [-0.39, 0.29) is 5.41 Å². The molecule has 1 rings (SSSR count). The van der Waals surface area contributed by atoms with Crippen molar-refractivity contribution in [2.45, 2.75) is 20.8 Å². The zero-order valence-corrected chi connectivity index (χ0v) is 12.0. The summed E-state index contributed by atoms with van der Waals surface area (Å²) in [4.78, 5) is 0. The van der Waals surface area contributed by atoms with Crippen molar-refractivity contribution in [2.24, 2.45) is 11.3 Å². The van der Waals surface area contributed by atoms with E-state index in [9.17, 15) is 0 Å². The number of ether oxygens (including phenoxy) is 2. The van der Waals surface area contributed by atoms with Gasteiger partial charge in [-0.1, -0.05) is 26.8 Å². The molecule has 0 saturated carbocycles. The van der Waals surface area contributed by atoms with Crippen LogP contribution in [0.3, 0.4) is 0 Å². The lowest BCUT2D eigenvalue weighted by atomic mass is 9.82. The van der Waals surface area contributed by atoms with Crippen molar-refractivity contribution in [1.82, 2.24) is 0 Å². The summed E-state index contributed by atoms with van der Waals surface area (Å²) >= 11 is 4.39. The summed E-state index contributed by atoms with van der Waals surface area (Å²) in [6.07, 6.45) is 0. The SMILES string of the molecule is COc1cccc(OCC(CS)C(C)(C)C)c1. The number of rotatable bonds is 5. The Labute approximate surface area is 110 Å². The number of thiol groups is 1. The van der Waals surface area contributed by atoms with E-state index in [4.69, 9.17) is 9.47 Å². The largest absolute Gasteiger partial charge is 0.497 e. The average Bonchev–Trinajstić information content (AvgIpc) is 2.28. The molecule has 2 nitrogen and oxygen atoms in total. The third-order valence-electron chi connectivity index (χ3n) is 2.94. The van der Waals surface area contributed by atoms with Crippen LogP contribution < -0.4 is 9.47 Å². The Bertz CT molecular complexity index is 344.